The van der Waals surface area contributed by atoms with Gasteiger partial charge in [0.05, 0.1) is 18.6 Å². The Labute approximate surface area is 194 Å². The highest BCUT2D eigenvalue weighted by Gasteiger charge is 2.23. The summed E-state index contributed by atoms with van der Waals surface area (Å²) in [6.07, 6.45) is 3.14. The zero-order chi connectivity index (χ0) is 23.3. The first-order chi connectivity index (χ1) is 15.4. The summed E-state index contributed by atoms with van der Waals surface area (Å²) in [5.74, 6) is 1.12. The van der Waals surface area contributed by atoms with E-state index in [1.165, 1.54) is 11.1 Å². The van der Waals surface area contributed by atoms with Gasteiger partial charge in [0.25, 0.3) is 0 Å². The Hall–Kier alpha value is -2.12. The van der Waals surface area contributed by atoms with Gasteiger partial charge in [0.2, 0.25) is 5.91 Å². The lowest BCUT2D eigenvalue weighted by Crippen LogP contribution is -2.40. The van der Waals surface area contributed by atoms with Gasteiger partial charge in [-0.15, -0.1) is 0 Å². The van der Waals surface area contributed by atoms with Gasteiger partial charge in [-0.1, -0.05) is 38.1 Å². The summed E-state index contributed by atoms with van der Waals surface area (Å²) in [5, 5.41) is 6.77. The zero-order valence-corrected chi connectivity index (χ0v) is 20.4. The lowest BCUT2D eigenvalue weighted by molar-refractivity contribution is -0.123. The van der Waals surface area contributed by atoms with E-state index in [9.17, 15) is 4.79 Å². The monoisotopic (exact) mass is 445 g/mol. The van der Waals surface area contributed by atoms with Crippen LogP contribution in [0.15, 0.2) is 29.3 Å². The van der Waals surface area contributed by atoms with Crippen LogP contribution >= 0.6 is 0 Å². The number of likely N-dealkylation sites (tertiary alicyclic amines) is 1. The van der Waals surface area contributed by atoms with E-state index in [4.69, 9.17) is 15.5 Å². The van der Waals surface area contributed by atoms with E-state index >= 15 is 0 Å². The number of nitrogens with one attached hydrogen (secondary N) is 2. The second kappa shape index (κ2) is 14.1. The quantitative estimate of drug-likeness (QED) is 0.340. The highest BCUT2D eigenvalue weighted by Crippen LogP contribution is 2.19. The first-order valence-electron chi connectivity index (χ1n) is 12.2. The minimum atomic E-state index is -0.179. The Morgan fingerprint density at radius 3 is 2.75 bits per heavy atom. The van der Waals surface area contributed by atoms with Crippen molar-refractivity contribution in [3.63, 3.8) is 0 Å². The minimum absolute atomic E-state index is 0.0247. The third-order valence-electron chi connectivity index (χ3n) is 5.92. The standard InChI is InChI=1S/C25H43N5O2/c1-5-27-25(28-13-12-23(19(3)4)32-6-2)29-16-20-9-7-10-21(15-20)17-30-14-8-11-22(18-30)24(26)31/h7,9-10,15,19,22-23H,5-6,8,11-14,16-18H2,1-4H3,(H2,26,31)(H2,27,28,29). The average molecular weight is 446 g/mol. The van der Waals surface area contributed by atoms with E-state index in [1.54, 1.807) is 0 Å². The van der Waals surface area contributed by atoms with Gasteiger partial charge < -0.3 is 21.1 Å². The summed E-state index contributed by atoms with van der Waals surface area (Å²) in [7, 11) is 0. The predicted octanol–water partition coefficient (Wildman–Crippen LogP) is 2.89. The maximum Gasteiger partial charge on any atom is 0.221 e. The molecular formula is C25H43N5O2. The molecule has 1 fully saturated rings. The molecule has 0 aromatic heterocycles. The molecule has 180 valence electrons. The first kappa shape index (κ1) is 26.1. The van der Waals surface area contributed by atoms with E-state index in [2.05, 4.69) is 60.6 Å². The van der Waals surface area contributed by atoms with Crippen LogP contribution in [0.2, 0.25) is 0 Å². The van der Waals surface area contributed by atoms with Crippen molar-refractivity contribution in [2.24, 2.45) is 22.6 Å². The molecule has 7 nitrogen and oxygen atoms in total. The SMILES string of the molecule is CCNC(=NCc1cccc(CN2CCCC(C(N)=O)C2)c1)NCCC(OCC)C(C)C. The summed E-state index contributed by atoms with van der Waals surface area (Å²) in [4.78, 5) is 18.7. The van der Waals surface area contributed by atoms with Gasteiger partial charge in [0.1, 0.15) is 0 Å². The largest absolute Gasteiger partial charge is 0.378 e. The number of hydrogen-bond donors (Lipinski definition) is 3. The molecule has 1 heterocycles. The molecule has 0 bridgehead atoms. The molecule has 4 N–H and O–H groups in total. The van der Waals surface area contributed by atoms with Gasteiger partial charge in [0, 0.05) is 32.8 Å². The van der Waals surface area contributed by atoms with Crippen molar-refractivity contribution < 1.29 is 9.53 Å². The Balaban J connectivity index is 1.91. The molecule has 1 aromatic carbocycles. The number of benzene rings is 1. The first-order valence-corrected chi connectivity index (χ1v) is 12.2. The molecule has 1 amide bonds. The average Bonchev–Trinajstić information content (AvgIpc) is 2.77. The number of hydrogen-bond acceptors (Lipinski definition) is 4. The van der Waals surface area contributed by atoms with Crippen molar-refractivity contribution in [3.8, 4) is 0 Å². The molecule has 2 unspecified atom stereocenters. The molecule has 1 aliphatic heterocycles. The molecule has 1 aliphatic rings. The smallest absolute Gasteiger partial charge is 0.221 e. The Bertz CT molecular complexity index is 722. The molecule has 0 saturated carbocycles. The number of rotatable bonds is 12. The van der Waals surface area contributed by atoms with Crippen LogP contribution in [0.5, 0.6) is 0 Å². The Morgan fingerprint density at radius 1 is 1.28 bits per heavy atom. The lowest BCUT2D eigenvalue weighted by atomic mass is 9.97. The molecule has 32 heavy (non-hydrogen) atoms. The van der Waals surface area contributed by atoms with Gasteiger partial charge in [-0.05, 0) is 56.7 Å². The van der Waals surface area contributed by atoms with Crippen molar-refractivity contribution in [2.45, 2.75) is 66.2 Å². The van der Waals surface area contributed by atoms with Crippen molar-refractivity contribution in [2.75, 3.05) is 32.8 Å². The predicted molar refractivity (Wildman–Crippen MR) is 131 cm³/mol. The molecule has 2 rings (SSSR count). The van der Waals surface area contributed by atoms with Gasteiger partial charge in [-0.25, -0.2) is 4.99 Å². The van der Waals surface area contributed by atoms with Gasteiger partial charge >= 0.3 is 0 Å². The number of guanidine groups is 1. The van der Waals surface area contributed by atoms with E-state index < -0.39 is 0 Å². The number of primary amides is 1. The molecule has 0 radical (unpaired) electrons. The third-order valence-corrected chi connectivity index (χ3v) is 5.92. The van der Waals surface area contributed by atoms with Crippen molar-refractivity contribution >= 4 is 11.9 Å². The second-order valence-electron chi connectivity index (χ2n) is 8.95. The third kappa shape index (κ3) is 9.17. The number of piperidine rings is 1. The summed E-state index contributed by atoms with van der Waals surface area (Å²) in [5.41, 5.74) is 7.95. The van der Waals surface area contributed by atoms with Crippen LogP contribution in [-0.2, 0) is 22.6 Å². The number of carbonyl (C=O) groups excluding carboxylic acids is 1. The van der Waals surface area contributed by atoms with E-state index in [-0.39, 0.29) is 17.9 Å². The molecule has 2 atom stereocenters. The summed E-state index contributed by atoms with van der Waals surface area (Å²) >= 11 is 0. The number of carbonyl (C=O) groups is 1. The Kier molecular flexibility index (Phi) is 11.5. The molecule has 0 spiro atoms. The van der Waals surface area contributed by atoms with Crippen LogP contribution in [0.25, 0.3) is 0 Å². The zero-order valence-electron chi connectivity index (χ0n) is 20.4. The van der Waals surface area contributed by atoms with E-state index in [0.29, 0.717) is 12.5 Å². The maximum absolute atomic E-state index is 11.5. The van der Waals surface area contributed by atoms with Crippen LogP contribution in [0, 0.1) is 11.8 Å². The van der Waals surface area contributed by atoms with Gasteiger partial charge in [-0.2, -0.15) is 0 Å². The summed E-state index contributed by atoms with van der Waals surface area (Å²) in [6, 6.07) is 8.56. The van der Waals surface area contributed by atoms with Gasteiger partial charge in [-0.3, -0.25) is 9.69 Å². The molecule has 1 aromatic rings. The summed E-state index contributed by atoms with van der Waals surface area (Å²) < 4.78 is 5.84. The normalized spacial score (nSPS) is 18.5. The Morgan fingerprint density at radius 2 is 2.06 bits per heavy atom. The molecule has 1 saturated heterocycles. The van der Waals surface area contributed by atoms with Crippen LogP contribution in [0.3, 0.4) is 0 Å². The van der Waals surface area contributed by atoms with Crippen molar-refractivity contribution in [1.29, 1.82) is 0 Å². The lowest BCUT2D eigenvalue weighted by Gasteiger charge is -2.31. The van der Waals surface area contributed by atoms with Gasteiger partial charge in [0.15, 0.2) is 5.96 Å². The minimum Gasteiger partial charge on any atom is -0.378 e. The van der Waals surface area contributed by atoms with E-state index in [0.717, 1.165) is 64.6 Å². The topological polar surface area (TPSA) is 92.0 Å². The second-order valence-corrected chi connectivity index (χ2v) is 8.95. The molecule has 7 heteroatoms. The number of nitrogens with zero attached hydrogens (tertiary/aromatic N) is 2. The highest BCUT2D eigenvalue weighted by atomic mass is 16.5. The summed E-state index contributed by atoms with van der Waals surface area (Å²) in [6.45, 7) is 14.1. The fourth-order valence-corrected chi connectivity index (χ4v) is 4.18. The van der Waals surface area contributed by atoms with Crippen LogP contribution in [-0.4, -0.2) is 55.7 Å². The maximum atomic E-state index is 11.5. The van der Waals surface area contributed by atoms with Crippen molar-refractivity contribution in [1.82, 2.24) is 15.5 Å². The van der Waals surface area contributed by atoms with Crippen molar-refractivity contribution in [3.05, 3.63) is 35.4 Å². The molecular weight excluding hydrogens is 402 g/mol. The van der Waals surface area contributed by atoms with Crippen LogP contribution < -0.4 is 16.4 Å². The number of amides is 1. The fourth-order valence-electron chi connectivity index (χ4n) is 4.18. The van der Waals surface area contributed by atoms with Crippen LogP contribution in [0.4, 0.5) is 0 Å². The highest BCUT2D eigenvalue weighted by molar-refractivity contribution is 5.79. The number of ether oxygens (including phenoxy) is 1. The fraction of sp³-hybridized carbons (Fsp3) is 0.680. The number of aliphatic imine (C=N–C) groups is 1. The molecule has 0 aliphatic carbocycles. The number of nitrogens with two attached hydrogens (primary N) is 1. The van der Waals surface area contributed by atoms with E-state index in [1.807, 2.05) is 6.92 Å². The van der Waals surface area contributed by atoms with Crippen LogP contribution in [0.1, 0.15) is 58.1 Å².